The second kappa shape index (κ2) is 7.06. The molecule has 0 bridgehead atoms. The minimum atomic E-state index is -0.487. The van der Waals surface area contributed by atoms with E-state index < -0.39 is 5.91 Å². The van der Waals surface area contributed by atoms with Gasteiger partial charge in [0.05, 0.1) is 17.8 Å². The van der Waals surface area contributed by atoms with Crippen molar-refractivity contribution in [1.29, 1.82) is 0 Å². The Hall–Kier alpha value is -3.45. The van der Waals surface area contributed by atoms with Crippen LogP contribution < -0.4 is 5.73 Å². The molecule has 0 aliphatic heterocycles. The average Bonchev–Trinajstić information content (AvgIpc) is 3.42. The van der Waals surface area contributed by atoms with E-state index in [2.05, 4.69) is 37.3 Å². The van der Waals surface area contributed by atoms with Crippen molar-refractivity contribution in [2.24, 2.45) is 5.73 Å². The normalized spacial score (nSPS) is 12.1. The van der Waals surface area contributed by atoms with Crippen LogP contribution in [0.3, 0.4) is 0 Å². The maximum Gasteiger partial charge on any atom is 0.267 e. The second-order valence-electron chi connectivity index (χ2n) is 8.66. The van der Waals surface area contributed by atoms with Gasteiger partial charge in [0.2, 0.25) is 0 Å². The zero-order valence-corrected chi connectivity index (χ0v) is 18.4. The molecule has 0 saturated heterocycles. The average molecular weight is 431 g/mol. The van der Waals surface area contributed by atoms with Gasteiger partial charge in [-0.1, -0.05) is 45.0 Å². The summed E-state index contributed by atoms with van der Waals surface area (Å²) in [6.45, 7) is 6.89. The van der Waals surface area contributed by atoms with Crippen molar-refractivity contribution in [1.82, 2.24) is 14.8 Å². The summed E-state index contributed by atoms with van der Waals surface area (Å²) in [5, 5.41) is 9.28. The zero-order chi connectivity index (χ0) is 21.8. The van der Waals surface area contributed by atoms with Crippen LogP contribution in [-0.2, 0) is 12.0 Å². The Morgan fingerprint density at radius 2 is 1.97 bits per heavy atom. The molecule has 31 heavy (non-hydrogen) atoms. The lowest BCUT2D eigenvalue weighted by Gasteiger charge is -2.13. The first-order valence-corrected chi connectivity index (χ1v) is 10.9. The molecule has 0 aliphatic rings. The number of nitrogens with zero attached hydrogens (tertiary/aromatic N) is 3. The fraction of sp³-hybridized carbons (Fsp3) is 0.208. The Kier molecular flexibility index (Phi) is 4.44. The first-order chi connectivity index (χ1) is 14.8. The minimum absolute atomic E-state index is 0.000620. The SMILES string of the molecule is CC(C)(C)c1csc(-c2cc3cc(Cn4nc5ccccc5c4C(N)=O)ccc3o2)n1. The maximum absolute atomic E-state index is 12.1. The molecule has 2 N–H and O–H groups in total. The van der Waals surface area contributed by atoms with Gasteiger partial charge in [-0.25, -0.2) is 4.98 Å². The first-order valence-electron chi connectivity index (χ1n) is 10.0. The number of rotatable bonds is 4. The molecule has 3 heterocycles. The van der Waals surface area contributed by atoms with Gasteiger partial charge in [-0.05, 0) is 29.8 Å². The molecule has 0 aliphatic carbocycles. The number of nitrogens with two attached hydrogens (primary N) is 1. The molecule has 0 unspecified atom stereocenters. The monoisotopic (exact) mass is 430 g/mol. The van der Waals surface area contributed by atoms with Gasteiger partial charge in [-0.15, -0.1) is 11.3 Å². The number of furan rings is 1. The van der Waals surface area contributed by atoms with Crippen molar-refractivity contribution in [3.05, 3.63) is 70.9 Å². The van der Waals surface area contributed by atoms with Crippen LogP contribution in [-0.4, -0.2) is 20.7 Å². The lowest BCUT2D eigenvalue weighted by Crippen LogP contribution is -2.18. The van der Waals surface area contributed by atoms with Crippen molar-refractivity contribution in [2.75, 3.05) is 0 Å². The fourth-order valence-electron chi connectivity index (χ4n) is 3.66. The summed E-state index contributed by atoms with van der Waals surface area (Å²) in [5.41, 5.74) is 9.67. The lowest BCUT2D eigenvalue weighted by atomic mass is 9.93. The second-order valence-corrected chi connectivity index (χ2v) is 9.52. The molecule has 0 fully saturated rings. The molecule has 5 rings (SSSR count). The van der Waals surface area contributed by atoms with E-state index in [4.69, 9.17) is 15.1 Å². The molecule has 0 saturated carbocycles. The maximum atomic E-state index is 12.1. The highest BCUT2D eigenvalue weighted by Gasteiger charge is 2.20. The number of benzene rings is 2. The van der Waals surface area contributed by atoms with Crippen LogP contribution in [0.2, 0.25) is 0 Å². The Labute approximate surface area is 183 Å². The van der Waals surface area contributed by atoms with Crippen LogP contribution in [0.5, 0.6) is 0 Å². The van der Waals surface area contributed by atoms with E-state index in [1.54, 1.807) is 16.0 Å². The number of thiazole rings is 1. The van der Waals surface area contributed by atoms with Crippen LogP contribution in [0, 0.1) is 0 Å². The van der Waals surface area contributed by atoms with E-state index in [9.17, 15) is 4.79 Å². The standard InChI is InChI=1S/C24H22N4O2S/c1-24(2,3)20-13-31-23(26-20)19-11-15-10-14(8-9-18(15)30-19)12-28-21(22(25)29)16-6-4-5-7-17(16)27-28/h4-11,13H,12H2,1-3H3,(H2,25,29). The van der Waals surface area contributed by atoms with Crippen molar-refractivity contribution < 1.29 is 9.21 Å². The van der Waals surface area contributed by atoms with Crippen molar-refractivity contribution >= 4 is 39.1 Å². The fourth-order valence-corrected chi connectivity index (χ4v) is 4.65. The summed E-state index contributed by atoms with van der Waals surface area (Å²) >= 11 is 1.59. The van der Waals surface area contributed by atoms with Crippen LogP contribution in [0.4, 0.5) is 0 Å². The Bertz CT molecular complexity index is 1440. The van der Waals surface area contributed by atoms with Gasteiger partial charge < -0.3 is 10.2 Å². The highest BCUT2D eigenvalue weighted by Crippen LogP contribution is 2.33. The summed E-state index contributed by atoms with van der Waals surface area (Å²) in [7, 11) is 0. The van der Waals surface area contributed by atoms with Crippen molar-refractivity contribution in [3.63, 3.8) is 0 Å². The molecule has 7 heteroatoms. The third kappa shape index (κ3) is 3.51. The first kappa shape index (κ1) is 19.5. The quantitative estimate of drug-likeness (QED) is 0.416. The third-order valence-corrected chi connectivity index (χ3v) is 6.13. The molecule has 5 aromatic rings. The predicted octanol–water partition coefficient (Wildman–Crippen LogP) is 5.35. The van der Waals surface area contributed by atoms with E-state index in [0.717, 1.165) is 43.9 Å². The summed E-state index contributed by atoms with van der Waals surface area (Å²) < 4.78 is 7.72. The number of carbonyl (C=O) groups excluding carboxylic acids is 1. The molecule has 6 nitrogen and oxygen atoms in total. The number of amides is 1. The van der Waals surface area contributed by atoms with Crippen LogP contribution in [0.25, 0.3) is 32.6 Å². The molecular weight excluding hydrogens is 408 g/mol. The number of hydrogen-bond donors (Lipinski definition) is 1. The Balaban J connectivity index is 1.50. The number of carbonyl (C=O) groups is 1. The van der Waals surface area contributed by atoms with Gasteiger partial charge in [0.25, 0.3) is 5.91 Å². The molecule has 1 amide bonds. The van der Waals surface area contributed by atoms with Gasteiger partial charge >= 0.3 is 0 Å². The predicted molar refractivity (Wildman–Crippen MR) is 123 cm³/mol. The van der Waals surface area contributed by atoms with Gasteiger partial charge in [-0.3, -0.25) is 9.48 Å². The number of aromatic nitrogens is 3. The molecule has 0 radical (unpaired) electrons. The number of fused-ring (bicyclic) bond motifs is 2. The molecule has 0 atom stereocenters. The third-order valence-electron chi connectivity index (χ3n) is 5.28. The van der Waals surface area contributed by atoms with E-state index in [1.165, 1.54) is 0 Å². The zero-order valence-electron chi connectivity index (χ0n) is 17.5. The topological polar surface area (TPSA) is 86.9 Å². The molecule has 2 aromatic carbocycles. The molecule has 3 aromatic heterocycles. The number of hydrogen-bond acceptors (Lipinski definition) is 5. The molecule has 0 spiro atoms. The van der Waals surface area contributed by atoms with E-state index in [1.807, 2.05) is 42.5 Å². The summed E-state index contributed by atoms with van der Waals surface area (Å²) in [6, 6.07) is 15.5. The highest BCUT2D eigenvalue weighted by molar-refractivity contribution is 7.13. The smallest absolute Gasteiger partial charge is 0.267 e. The lowest BCUT2D eigenvalue weighted by molar-refractivity contribution is 0.0992. The van der Waals surface area contributed by atoms with Gasteiger partial charge in [0.1, 0.15) is 11.3 Å². The minimum Gasteiger partial charge on any atom is -0.454 e. The summed E-state index contributed by atoms with van der Waals surface area (Å²) in [6.07, 6.45) is 0. The summed E-state index contributed by atoms with van der Waals surface area (Å²) in [4.78, 5) is 16.8. The van der Waals surface area contributed by atoms with Gasteiger partial charge in [0, 0.05) is 21.6 Å². The Morgan fingerprint density at radius 3 is 2.71 bits per heavy atom. The van der Waals surface area contributed by atoms with Crippen LogP contribution in [0.1, 0.15) is 42.5 Å². The van der Waals surface area contributed by atoms with Crippen molar-refractivity contribution in [3.8, 4) is 10.8 Å². The highest BCUT2D eigenvalue weighted by atomic mass is 32.1. The van der Waals surface area contributed by atoms with Gasteiger partial charge in [-0.2, -0.15) is 5.10 Å². The van der Waals surface area contributed by atoms with Crippen LogP contribution >= 0.6 is 11.3 Å². The molecule has 156 valence electrons. The number of primary amides is 1. The van der Waals surface area contributed by atoms with E-state index in [0.29, 0.717) is 12.2 Å². The largest absolute Gasteiger partial charge is 0.454 e. The molecular formula is C24H22N4O2S. The Morgan fingerprint density at radius 1 is 1.16 bits per heavy atom. The van der Waals surface area contributed by atoms with Crippen molar-refractivity contribution in [2.45, 2.75) is 32.7 Å². The van der Waals surface area contributed by atoms with Crippen LogP contribution in [0.15, 0.2) is 58.3 Å². The van der Waals surface area contributed by atoms with Gasteiger partial charge in [0.15, 0.2) is 10.8 Å². The van der Waals surface area contributed by atoms with E-state index >= 15 is 0 Å². The van der Waals surface area contributed by atoms with E-state index in [-0.39, 0.29) is 5.41 Å². The summed E-state index contributed by atoms with van der Waals surface area (Å²) in [5.74, 6) is 0.272.